The fourth-order valence-electron chi connectivity index (χ4n) is 5.86. The predicted molar refractivity (Wildman–Crippen MR) is 145 cm³/mol. The van der Waals surface area contributed by atoms with Crippen molar-refractivity contribution >= 4 is 17.5 Å². The van der Waals surface area contributed by atoms with Crippen molar-refractivity contribution in [1.82, 2.24) is 5.32 Å². The van der Waals surface area contributed by atoms with Crippen LogP contribution in [-0.4, -0.2) is 36.8 Å². The molecule has 1 fully saturated rings. The van der Waals surface area contributed by atoms with E-state index in [9.17, 15) is 18.7 Å². The van der Waals surface area contributed by atoms with Gasteiger partial charge in [-0.2, -0.15) is 8.78 Å². The number of aliphatic hydroxyl groups is 1. The number of halogens is 5. The Balaban J connectivity index is 1.60. The molecule has 1 saturated carbocycles. The highest BCUT2D eigenvalue weighted by atomic mass is 35.5. The van der Waals surface area contributed by atoms with Crippen LogP contribution in [0.3, 0.4) is 0 Å². The predicted octanol–water partition coefficient (Wildman–Crippen LogP) is 5.96. The number of carbonyl (C=O) groups is 1. The first-order valence-corrected chi connectivity index (χ1v) is 13.7. The first-order valence-electron chi connectivity index (χ1n) is 13.3. The molecule has 218 valence electrons. The lowest BCUT2D eigenvalue weighted by Gasteiger charge is -2.34. The van der Waals surface area contributed by atoms with Crippen molar-refractivity contribution in [1.29, 1.82) is 0 Å². The minimum atomic E-state index is -3.35. The minimum Gasteiger partial charge on any atom is -0.480 e. The largest absolute Gasteiger partial charge is 0.480 e. The van der Waals surface area contributed by atoms with Crippen LogP contribution in [-0.2, 0) is 12.0 Å². The van der Waals surface area contributed by atoms with Crippen LogP contribution in [0.2, 0.25) is 5.02 Å². The lowest BCUT2D eigenvalue weighted by atomic mass is 9.83. The summed E-state index contributed by atoms with van der Waals surface area (Å²) < 4.78 is 67.8. The highest BCUT2D eigenvalue weighted by molar-refractivity contribution is 6.34. The van der Waals surface area contributed by atoms with E-state index in [1.165, 1.54) is 0 Å². The lowest BCUT2D eigenvalue weighted by molar-refractivity contribution is -0.0521. The number of nitrogens with two attached hydrogens (primary N) is 1. The number of primary amides is 1. The van der Waals surface area contributed by atoms with Gasteiger partial charge in [0.1, 0.15) is 11.6 Å². The molecule has 0 unspecified atom stereocenters. The van der Waals surface area contributed by atoms with E-state index < -0.39 is 46.1 Å². The van der Waals surface area contributed by atoms with E-state index in [1.807, 2.05) is 30.3 Å². The number of hydrogen-bond acceptors (Lipinski definition) is 5. The molecule has 11 heteroatoms. The quantitative estimate of drug-likeness (QED) is 0.267. The highest BCUT2D eigenvalue weighted by Gasteiger charge is 2.44. The van der Waals surface area contributed by atoms with Crippen LogP contribution < -0.4 is 20.5 Å². The number of rotatable bonds is 9. The van der Waals surface area contributed by atoms with E-state index in [-0.39, 0.29) is 41.9 Å². The summed E-state index contributed by atoms with van der Waals surface area (Å²) in [4.78, 5) is 12.3. The highest BCUT2D eigenvalue weighted by Crippen LogP contribution is 2.50. The van der Waals surface area contributed by atoms with Gasteiger partial charge < -0.3 is 25.6 Å². The number of benzene rings is 3. The molecule has 0 bridgehead atoms. The molecule has 0 aromatic heterocycles. The van der Waals surface area contributed by atoms with Crippen molar-refractivity contribution in [3.63, 3.8) is 0 Å². The number of nitrogens with one attached hydrogen (secondary N) is 1. The minimum absolute atomic E-state index is 0.0755. The molecule has 1 heterocycles. The molecule has 41 heavy (non-hydrogen) atoms. The second-order valence-corrected chi connectivity index (χ2v) is 10.9. The Morgan fingerprint density at radius 2 is 1.83 bits per heavy atom. The molecule has 1 aliphatic carbocycles. The molecular formula is C30H29ClF4N2O4. The number of aliphatic hydroxyl groups excluding tert-OH is 1. The van der Waals surface area contributed by atoms with Crippen molar-refractivity contribution in [3.05, 3.63) is 81.9 Å². The van der Waals surface area contributed by atoms with Crippen LogP contribution in [0.1, 0.15) is 47.2 Å². The normalized spacial score (nSPS) is 21.9. The molecule has 1 aliphatic heterocycles. The van der Waals surface area contributed by atoms with Gasteiger partial charge in [-0.3, -0.25) is 4.79 Å². The standard InChI is InChI=1S/C30H29ClF4N2O4/c31-26-21(32)12-23-20(24(26)25-19(28(36)39)10-11-22(27(25)33)40-29(34)35)13-30(41-23,17-4-2-1-3-5-17)15-37-18-8-6-16(14-38)7-9-18/h1-5,10-12,16,18,29,37-38H,6-9,13-15H2,(H2,36,39)/t16?,18?,30-/m1/s1. The average molecular weight is 593 g/mol. The van der Waals surface area contributed by atoms with Gasteiger partial charge in [0, 0.05) is 48.4 Å². The third-order valence-electron chi connectivity index (χ3n) is 7.97. The fourth-order valence-corrected chi connectivity index (χ4v) is 6.12. The molecule has 0 spiro atoms. The van der Waals surface area contributed by atoms with Gasteiger partial charge in [-0.1, -0.05) is 41.9 Å². The summed E-state index contributed by atoms with van der Waals surface area (Å²) in [6.45, 7) is -2.89. The molecule has 6 nitrogen and oxygen atoms in total. The monoisotopic (exact) mass is 592 g/mol. The summed E-state index contributed by atoms with van der Waals surface area (Å²) in [6, 6.07) is 12.4. The number of hydrogen-bond donors (Lipinski definition) is 3. The van der Waals surface area contributed by atoms with Gasteiger partial charge in [0.15, 0.2) is 17.2 Å². The lowest BCUT2D eigenvalue weighted by Crippen LogP contribution is -2.46. The number of carbonyl (C=O) groups excluding carboxylic acids is 1. The maximum absolute atomic E-state index is 15.8. The van der Waals surface area contributed by atoms with E-state index in [0.29, 0.717) is 12.1 Å². The van der Waals surface area contributed by atoms with Crippen molar-refractivity contribution in [2.45, 2.75) is 50.4 Å². The van der Waals surface area contributed by atoms with Crippen LogP contribution in [0.4, 0.5) is 17.6 Å². The average Bonchev–Trinajstić information content (AvgIpc) is 3.33. The molecule has 0 radical (unpaired) electrons. The molecule has 0 saturated heterocycles. The summed E-state index contributed by atoms with van der Waals surface area (Å²) in [5, 5.41) is 12.5. The summed E-state index contributed by atoms with van der Waals surface area (Å²) in [5.74, 6) is -3.84. The molecule has 1 atom stereocenters. The first-order chi connectivity index (χ1) is 19.6. The van der Waals surface area contributed by atoms with Crippen LogP contribution in [0.15, 0.2) is 48.5 Å². The second-order valence-electron chi connectivity index (χ2n) is 10.5. The third-order valence-corrected chi connectivity index (χ3v) is 8.34. The van der Waals surface area contributed by atoms with Crippen molar-refractivity contribution in [2.24, 2.45) is 11.7 Å². The maximum atomic E-state index is 15.8. The van der Waals surface area contributed by atoms with Crippen LogP contribution in [0, 0.1) is 17.6 Å². The third kappa shape index (κ3) is 5.73. The van der Waals surface area contributed by atoms with Gasteiger partial charge in [-0.15, -0.1) is 0 Å². The number of ether oxygens (including phenoxy) is 2. The molecule has 3 aromatic carbocycles. The summed E-state index contributed by atoms with van der Waals surface area (Å²) in [6.07, 6.45) is 3.57. The topological polar surface area (TPSA) is 93.8 Å². The van der Waals surface area contributed by atoms with Crippen molar-refractivity contribution in [3.8, 4) is 22.6 Å². The van der Waals surface area contributed by atoms with Gasteiger partial charge in [-0.05, 0) is 49.3 Å². The zero-order chi connectivity index (χ0) is 29.3. The fraction of sp³-hybridized carbons (Fsp3) is 0.367. The van der Waals surface area contributed by atoms with Crippen molar-refractivity contribution < 1.29 is 36.9 Å². The van der Waals surface area contributed by atoms with Crippen LogP contribution in [0.5, 0.6) is 11.5 Å². The number of amides is 1. The van der Waals surface area contributed by atoms with E-state index in [4.69, 9.17) is 22.1 Å². The SMILES string of the molecule is NC(=O)c1ccc(OC(F)F)c(F)c1-c1c(Cl)c(F)cc2c1C[C@@](CNC1CCC(CO)CC1)(c1ccccc1)O2. The molecule has 5 rings (SSSR count). The van der Waals surface area contributed by atoms with E-state index >= 15 is 8.78 Å². The van der Waals surface area contributed by atoms with E-state index in [2.05, 4.69) is 10.1 Å². The van der Waals surface area contributed by atoms with Crippen molar-refractivity contribution in [2.75, 3.05) is 13.2 Å². The van der Waals surface area contributed by atoms with Crippen LogP contribution >= 0.6 is 11.6 Å². The molecule has 1 amide bonds. The maximum Gasteiger partial charge on any atom is 0.387 e. The molecule has 3 aromatic rings. The molecule has 4 N–H and O–H groups in total. The van der Waals surface area contributed by atoms with Gasteiger partial charge in [0.25, 0.3) is 0 Å². The van der Waals surface area contributed by atoms with Gasteiger partial charge in [0.05, 0.1) is 10.6 Å². The second kappa shape index (κ2) is 11.9. The molecular weight excluding hydrogens is 564 g/mol. The zero-order valence-corrected chi connectivity index (χ0v) is 22.7. The Hall–Kier alpha value is -3.34. The summed E-state index contributed by atoms with van der Waals surface area (Å²) in [7, 11) is 0. The number of fused-ring (bicyclic) bond motifs is 1. The Morgan fingerprint density at radius 1 is 1.12 bits per heavy atom. The Labute approximate surface area is 239 Å². The van der Waals surface area contributed by atoms with E-state index in [0.717, 1.165) is 49.4 Å². The Morgan fingerprint density at radius 3 is 2.46 bits per heavy atom. The zero-order valence-electron chi connectivity index (χ0n) is 21.9. The van der Waals surface area contributed by atoms with Crippen LogP contribution in [0.25, 0.3) is 11.1 Å². The summed E-state index contributed by atoms with van der Waals surface area (Å²) in [5.41, 5.74) is 4.37. The number of alkyl halides is 2. The van der Waals surface area contributed by atoms with Gasteiger partial charge in [-0.25, -0.2) is 8.78 Å². The Kier molecular flexibility index (Phi) is 8.45. The Bertz CT molecular complexity index is 1430. The smallest absolute Gasteiger partial charge is 0.387 e. The van der Waals surface area contributed by atoms with Gasteiger partial charge >= 0.3 is 6.61 Å². The first kappa shape index (κ1) is 29.2. The van der Waals surface area contributed by atoms with Gasteiger partial charge in [0.2, 0.25) is 5.91 Å². The van der Waals surface area contributed by atoms with E-state index in [1.54, 1.807) is 0 Å². The molecule has 2 aliphatic rings. The summed E-state index contributed by atoms with van der Waals surface area (Å²) >= 11 is 6.41.